The van der Waals surface area contributed by atoms with Crippen molar-refractivity contribution in [3.05, 3.63) is 58.0 Å². The maximum atomic E-state index is 12.2. The van der Waals surface area contributed by atoms with Crippen molar-refractivity contribution in [2.75, 3.05) is 13.1 Å². The van der Waals surface area contributed by atoms with E-state index in [4.69, 9.17) is 27.6 Å². The van der Waals surface area contributed by atoms with Crippen LogP contribution in [0.5, 0.6) is 0 Å². The number of nitrogens with one attached hydrogen (secondary N) is 2. The van der Waals surface area contributed by atoms with Gasteiger partial charge < -0.3 is 20.0 Å². The minimum Gasteiger partial charge on any atom is -0.459 e. The maximum Gasteiger partial charge on any atom is 0.315 e. The number of urea groups is 1. The summed E-state index contributed by atoms with van der Waals surface area (Å²) in [5.74, 6) is 0.226. The van der Waals surface area contributed by atoms with E-state index >= 15 is 0 Å². The van der Waals surface area contributed by atoms with E-state index < -0.39 is 0 Å². The monoisotopic (exact) mass is 395 g/mol. The molecule has 8 heteroatoms. The fraction of sp³-hybridized carbons (Fsp3) is 0.333. The smallest absolute Gasteiger partial charge is 0.315 e. The lowest BCUT2D eigenvalue weighted by Crippen LogP contribution is -2.49. The molecule has 2 N–H and O–H groups in total. The number of benzene rings is 1. The first-order valence-electron chi connectivity index (χ1n) is 8.34. The molecule has 3 amide bonds. The zero-order chi connectivity index (χ0) is 18.5. The highest BCUT2D eigenvalue weighted by atomic mass is 35.5. The van der Waals surface area contributed by atoms with Crippen molar-refractivity contribution in [2.45, 2.75) is 25.4 Å². The lowest BCUT2D eigenvalue weighted by molar-refractivity contribution is 0.0676. The Labute approximate surface area is 161 Å². The predicted octanol–water partition coefficient (Wildman–Crippen LogP) is 3.69. The van der Waals surface area contributed by atoms with Gasteiger partial charge in [-0.25, -0.2) is 4.79 Å². The van der Waals surface area contributed by atoms with Gasteiger partial charge in [0.15, 0.2) is 5.76 Å². The Morgan fingerprint density at radius 3 is 2.62 bits per heavy atom. The highest BCUT2D eigenvalue weighted by molar-refractivity contribution is 6.35. The molecule has 1 aliphatic heterocycles. The first kappa shape index (κ1) is 18.6. The molecule has 6 nitrogen and oxygen atoms in total. The normalized spacial score (nSPS) is 14.9. The van der Waals surface area contributed by atoms with E-state index in [0.717, 1.165) is 5.56 Å². The van der Waals surface area contributed by atoms with E-state index in [0.29, 0.717) is 48.3 Å². The third kappa shape index (κ3) is 4.71. The van der Waals surface area contributed by atoms with E-state index in [1.54, 1.807) is 35.2 Å². The van der Waals surface area contributed by atoms with Crippen LogP contribution in [0.4, 0.5) is 4.79 Å². The van der Waals surface area contributed by atoms with Crippen LogP contribution in [0.25, 0.3) is 0 Å². The van der Waals surface area contributed by atoms with Crippen molar-refractivity contribution >= 4 is 35.1 Å². The fourth-order valence-corrected chi connectivity index (χ4v) is 3.34. The molecule has 1 aromatic carbocycles. The molecular weight excluding hydrogens is 377 g/mol. The van der Waals surface area contributed by atoms with Gasteiger partial charge in [-0.15, -0.1) is 0 Å². The third-order valence-electron chi connectivity index (χ3n) is 4.30. The second-order valence-electron chi connectivity index (χ2n) is 6.11. The van der Waals surface area contributed by atoms with Gasteiger partial charge in [0.1, 0.15) is 0 Å². The number of likely N-dealkylation sites (tertiary alicyclic amines) is 1. The van der Waals surface area contributed by atoms with Crippen molar-refractivity contribution < 1.29 is 14.0 Å². The molecular formula is C18H19Cl2N3O3. The Hall–Kier alpha value is -2.18. The zero-order valence-corrected chi connectivity index (χ0v) is 15.5. The minimum atomic E-state index is -0.258. The largest absolute Gasteiger partial charge is 0.459 e. The summed E-state index contributed by atoms with van der Waals surface area (Å²) in [6.45, 7) is 1.47. The zero-order valence-electron chi connectivity index (χ0n) is 14.0. The highest BCUT2D eigenvalue weighted by Crippen LogP contribution is 2.20. The van der Waals surface area contributed by atoms with Gasteiger partial charge in [0, 0.05) is 35.7 Å². The van der Waals surface area contributed by atoms with Gasteiger partial charge >= 0.3 is 6.03 Å². The third-order valence-corrected chi connectivity index (χ3v) is 4.89. The van der Waals surface area contributed by atoms with Crippen molar-refractivity contribution in [3.63, 3.8) is 0 Å². The molecule has 2 aromatic rings. The van der Waals surface area contributed by atoms with E-state index in [1.807, 2.05) is 0 Å². The van der Waals surface area contributed by atoms with Crippen molar-refractivity contribution in [3.8, 4) is 0 Å². The Bertz CT molecular complexity index is 772. The quantitative estimate of drug-likeness (QED) is 0.828. The number of nitrogens with zero attached hydrogens (tertiary/aromatic N) is 1. The molecule has 2 heterocycles. The molecule has 0 atom stereocenters. The molecule has 26 heavy (non-hydrogen) atoms. The summed E-state index contributed by atoms with van der Waals surface area (Å²) in [4.78, 5) is 26.0. The van der Waals surface area contributed by atoms with Gasteiger partial charge in [0.25, 0.3) is 5.91 Å². The molecule has 0 unspecified atom stereocenters. The predicted molar refractivity (Wildman–Crippen MR) is 99.5 cm³/mol. The molecule has 1 saturated heterocycles. The summed E-state index contributed by atoms with van der Waals surface area (Å²) in [5, 5.41) is 6.79. The van der Waals surface area contributed by atoms with Crippen molar-refractivity contribution in [1.82, 2.24) is 15.5 Å². The van der Waals surface area contributed by atoms with Gasteiger partial charge in [-0.05, 0) is 42.7 Å². The molecule has 1 aromatic heterocycles. The number of rotatable bonds is 4. The second kappa shape index (κ2) is 8.47. The van der Waals surface area contributed by atoms with Crippen LogP contribution in [-0.4, -0.2) is 36.0 Å². The Balaban J connectivity index is 1.42. The minimum absolute atomic E-state index is 0.0244. The van der Waals surface area contributed by atoms with Crippen LogP contribution in [-0.2, 0) is 6.54 Å². The number of hydrogen-bond acceptors (Lipinski definition) is 3. The number of amides is 3. The number of carbonyl (C=O) groups is 2. The van der Waals surface area contributed by atoms with Gasteiger partial charge in [-0.3, -0.25) is 4.79 Å². The number of furan rings is 1. The molecule has 1 fully saturated rings. The topological polar surface area (TPSA) is 74.6 Å². The van der Waals surface area contributed by atoms with Gasteiger partial charge in [0.2, 0.25) is 0 Å². The summed E-state index contributed by atoms with van der Waals surface area (Å²) in [5.41, 5.74) is 0.796. The van der Waals surface area contributed by atoms with E-state index in [2.05, 4.69) is 10.6 Å². The molecule has 1 aliphatic rings. The molecule has 0 bridgehead atoms. The van der Waals surface area contributed by atoms with Gasteiger partial charge in [-0.1, -0.05) is 29.3 Å². The summed E-state index contributed by atoms with van der Waals surface area (Å²) >= 11 is 11.9. The maximum absolute atomic E-state index is 12.2. The average Bonchev–Trinajstić information content (AvgIpc) is 3.16. The first-order chi connectivity index (χ1) is 12.5. The second-order valence-corrected chi connectivity index (χ2v) is 6.95. The van der Waals surface area contributed by atoms with Crippen LogP contribution in [0.15, 0.2) is 41.0 Å². The van der Waals surface area contributed by atoms with E-state index in [-0.39, 0.29) is 18.0 Å². The number of carbonyl (C=O) groups excluding carboxylic acids is 2. The van der Waals surface area contributed by atoms with Crippen LogP contribution in [0.2, 0.25) is 10.0 Å². The molecule has 0 aliphatic carbocycles. The van der Waals surface area contributed by atoms with Crippen LogP contribution in [0.1, 0.15) is 29.0 Å². The Kier molecular flexibility index (Phi) is 6.06. The van der Waals surface area contributed by atoms with Crippen LogP contribution in [0.3, 0.4) is 0 Å². The molecule has 138 valence electrons. The van der Waals surface area contributed by atoms with Crippen LogP contribution in [0, 0.1) is 0 Å². The standard InChI is InChI=1S/C18H19Cl2N3O3/c19-13-4-3-12(15(20)10-13)11-21-18(25)22-14-5-7-23(8-6-14)17(24)16-2-1-9-26-16/h1-4,9-10,14H,5-8,11H2,(H2,21,22,25). The lowest BCUT2D eigenvalue weighted by Gasteiger charge is -2.31. The molecule has 0 spiro atoms. The number of piperidine rings is 1. The SMILES string of the molecule is O=C(NCc1ccc(Cl)cc1Cl)NC1CCN(C(=O)c2ccco2)CC1. The lowest BCUT2D eigenvalue weighted by atomic mass is 10.0. The Morgan fingerprint density at radius 2 is 1.96 bits per heavy atom. The number of halogens is 2. The fourth-order valence-electron chi connectivity index (χ4n) is 2.86. The number of hydrogen-bond donors (Lipinski definition) is 2. The Morgan fingerprint density at radius 1 is 1.19 bits per heavy atom. The summed E-state index contributed by atoms with van der Waals surface area (Å²) < 4.78 is 5.14. The molecule has 0 saturated carbocycles. The van der Waals surface area contributed by atoms with Crippen LogP contribution >= 0.6 is 23.2 Å². The van der Waals surface area contributed by atoms with E-state index in [9.17, 15) is 9.59 Å². The van der Waals surface area contributed by atoms with Crippen LogP contribution < -0.4 is 10.6 Å². The van der Waals surface area contributed by atoms with Crippen molar-refractivity contribution in [1.29, 1.82) is 0 Å². The first-order valence-corrected chi connectivity index (χ1v) is 9.09. The summed E-state index contributed by atoms with van der Waals surface area (Å²) in [6, 6.07) is 8.27. The van der Waals surface area contributed by atoms with E-state index in [1.165, 1.54) is 6.26 Å². The van der Waals surface area contributed by atoms with Gasteiger partial charge in [0.05, 0.1) is 6.26 Å². The average molecular weight is 396 g/mol. The summed E-state index contributed by atoms with van der Waals surface area (Å²) in [7, 11) is 0. The summed E-state index contributed by atoms with van der Waals surface area (Å²) in [6.07, 6.45) is 2.88. The highest BCUT2D eigenvalue weighted by Gasteiger charge is 2.25. The molecule has 0 radical (unpaired) electrons. The van der Waals surface area contributed by atoms with Crippen molar-refractivity contribution in [2.24, 2.45) is 0 Å². The van der Waals surface area contributed by atoms with Gasteiger partial charge in [-0.2, -0.15) is 0 Å². The molecule has 3 rings (SSSR count).